The van der Waals surface area contributed by atoms with Gasteiger partial charge in [0, 0.05) is 12.8 Å². The second-order valence-corrected chi connectivity index (χ2v) is 11.3. The van der Waals surface area contributed by atoms with E-state index in [4.69, 9.17) is 16.3 Å². The molecule has 12 N–H and O–H groups in total. The third kappa shape index (κ3) is 13.4. The lowest BCUT2D eigenvalue weighted by Crippen LogP contribution is -2.53. The van der Waals surface area contributed by atoms with Crippen molar-refractivity contribution in [2.24, 2.45) is 17.4 Å². The van der Waals surface area contributed by atoms with Gasteiger partial charge in [-0.05, 0) is 47.7 Å². The van der Waals surface area contributed by atoms with Gasteiger partial charge < -0.3 is 48.1 Å². The maximum absolute atomic E-state index is 13.1. The summed E-state index contributed by atoms with van der Waals surface area (Å²) in [7, 11) is 0. The van der Waals surface area contributed by atoms with Gasteiger partial charge in [-0.2, -0.15) is 5.48 Å². The van der Waals surface area contributed by atoms with E-state index in [0.717, 1.165) is 0 Å². The van der Waals surface area contributed by atoms with Gasteiger partial charge in [-0.25, -0.2) is 4.79 Å². The molecule has 3 rings (SSSR count). The molecule has 2 aromatic carbocycles. The van der Waals surface area contributed by atoms with E-state index >= 15 is 0 Å². The van der Waals surface area contributed by atoms with Crippen LogP contribution in [0.5, 0.6) is 11.5 Å². The van der Waals surface area contributed by atoms with Crippen molar-refractivity contribution in [3.63, 3.8) is 0 Å². The van der Waals surface area contributed by atoms with E-state index < -0.39 is 66.3 Å². The Bertz CT molecular complexity index is 1550. The fraction of sp³-hybridized carbons (Fsp3) is 0.333. The molecule has 1 aliphatic rings. The molecule has 2 aromatic rings. The van der Waals surface area contributed by atoms with Crippen LogP contribution in [0.1, 0.15) is 17.5 Å². The first-order chi connectivity index (χ1) is 23.8. The van der Waals surface area contributed by atoms with Gasteiger partial charge in [0.05, 0.1) is 19.6 Å². The SMILES string of the molecule is NCC(=O)N[C@@H](CC1C=CC(ONCC(=O)N[C@@H](Cc2ccc(O)cc2)C(=O)NCC(=O)N[C@@H](Cc2ccc(O)cc2)C(=O)O)C=C1)C(N)=O. The molecule has 0 heterocycles. The number of nitrogens with two attached hydrogens (primary N) is 2. The summed E-state index contributed by atoms with van der Waals surface area (Å²) in [5.74, 6) is -4.88. The predicted molar refractivity (Wildman–Crippen MR) is 178 cm³/mol. The van der Waals surface area contributed by atoms with Crippen LogP contribution in [0.25, 0.3) is 0 Å². The van der Waals surface area contributed by atoms with Crippen molar-refractivity contribution in [3.05, 3.63) is 84.0 Å². The van der Waals surface area contributed by atoms with Crippen molar-refractivity contribution in [1.82, 2.24) is 26.7 Å². The highest BCUT2D eigenvalue weighted by molar-refractivity contribution is 5.92. The average Bonchev–Trinajstić information content (AvgIpc) is 3.08. The molecule has 268 valence electrons. The van der Waals surface area contributed by atoms with Crippen LogP contribution in [-0.4, -0.2) is 94.7 Å². The van der Waals surface area contributed by atoms with Gasteiger partial charge in [0.25, 0.3) is 0 Å². The van der Waals surface area contributed by atoms with E-state index in [1.807, 2.05) is 0 Å². The Morgan fingerprint density at radius 1 is 0.700 bits per heavy atom. The molecular formula is C33H41N7O10. The Labute approximate surface area is 287 Å². The van der Waals surface area contributed by atoms with Crippen LogP contribution < -0.4 is 38.2 Å². The van der Waals surface area contributed by atoms with Gasteiger partial charge in [-0.15, -0.1) is 0 Å². The number of rotatable bonds is 19. The molecule has 0 bridgehead atoms. The molecule has 1 aliphatic carbocycles. The van der Waals surface area contributed by atoms with Crippen molar-refractivity contribution in [1.29, 1.82) is 0 Å². The fourth-order valence-corrected chi connectivity index (χ4v) is 4.77. The fourth-order valence-electron chi connectivity index (χ4n) is 4.77. The molecule has 0 saturated carbocycles. The van der Waals surface area contributed by atoms with E-state index in [1.165, 1.54) is 36.4 Å². The van der Waals surface area contributed by atoms with E-state index in [1.54, 1.807) is 36.4 Å². The lowest BCUT2D eigenvalue weighted by molar-refractivity contribution is -0.141. The second kappa shape index (κ2) is 19.3. The van der Waals surface area contributed by atoms with Gasteiger partial charge in [0.2, 0.25) is 29.5 Å². The van der Waals surface area contributed by atoms with Gasteiger partial charge in [0.1, 0.15) is 35.7 Å². The Morgan fingerprint density at radius 3 is 1.72 bits per heavy atom. The summed E-state index contributed by atoms with van der Waals surface area (Å²) >= 11 is 0. The quantitative estimate of drug-likeness (QED) is 0.0565. The molecule has 5 amide bonds. The molecule has 0 saturated heterocycles. The van der Waals surface area contributed by atoms with Crippen LogP contribution in [0.15, 0.2) is 72.8 Å². The topological polar surface area (TPSA) is 285 Å². The number of amides is 5. The van der Waals surface area contributed by atoms with Crippen molar-refractivity contribution in [2.45, 2.75) is 43.5 Å². The minimum Gasteiger partial charge on any atom is -0.508 e. The van der Waals surface area contributed by atoms with Crippen molar-refractivity contribution in [3.8, 4) is 11.5 Å². The predicted octanol–water partition coefficient (Wildman–Crippen LogP) is -2.00. The van der Waals surface area contributed by atoms with Crippen LogP contribution in [0.4, 0.5) is 0 Å². The molecule has 0 fully saturated rings. The van der Waals surface area contributed by atoms with Crippen molar-refractivity contribution < 1.29 is 48.9 Å². The summed E-state index contributed by atoms with van der Waals surface area (Å²) in [6, 6.07) is 8.37. The number of carboxylic acids is 1. The normalized spacial score (nSPS) is 16.7. The molecule has 0 spiro atoms. The van der Waals surface area contributed by atoms with Gasteiger partial charge >= 0.3 is 5.97 Å². The third-order valence-corrected chi connectivity index (χ3v) is 7.38. The van der Waals surface area contributed by atoms with Crippen LogP contribution in [-0.2, 0) is 46.4 Å². The number of carbonyl (C=O) groups excluding carboxylic acids is 5. The maximum Gasteiger partial charge on any atom is 0.326 e. The number of phenols is 2. The van der Waals surface area contributed by atoms with Crippen LogP contribution in [0, 0.1) is 5.92 Å². The largest absolute Gasteiger partial charge is 0.508 e. The molecular weight excluding hydrogens is 654 g/mol. The van der Waals surface area contributed by atoms with Crippen molar-refractivity contribution >= 4 is 35.5 Å². The molecule has 0 unspecified atom stereocenters. The minimum atomic E-state index is -1.31. The number of hydrogen-bond donors (Lipinski definition) is 10. The molecule has 17 nitrogen and oxygen atoms in total. The zero-order chi connectivity index (χ0) is 36.6. The summed E-state index contributed by atoms with van der Waals surface area (Å²) in [4.78, 5) is 79.0. The molecule has 0 aliphatic heterocycles. The number of hydroxylamine groups is 1. The molecule has 50 heavy (non-hydrogen) atoms. The Hall–Kier alpha value is -5.78. The molecule has 0 radical (unpaired) electrons. The summed E-state index contributed by atoms with van der Waals surface area (Å²) in [5.41, 5.74) is 14.3. The maximum atomic E-state index is 13.1. The number of aliphatic carboxylic acids is 1. The number of aromatic hydroxyl groups is 2. The van der Waals surface area contributed by atoms with Crippen molar-refractivity contribution in [2.75, 3.05) is 19.6 Å². The van der Waals surface area contributed by atoms with E-state index in [-0.39, 0.29) is 49.8 Å². The molecule has 17 heteroatoms. The average molecular weight is 696 g/mol. The highest BCUT2D eigenvalue weighted by Gasteiger charge is 2.25. The number of phenolic OH excluding ortho intramolecular Hbond substituents is 2. The number of nitrogens with one attached hydrogen (secondary N) is 5. The summed E-state index contributed by atoms with van der Waals surface area (Å²) in [5, 5.41) is 38.4. The molecule has 3 atom stereocenters. The first kappa shape index (κ1) is 38.7. The Balaban J connectivity index is 1.51. The van der Waals surface area contributed by atoms with Crippen LogP contribution in [0.3, 0.4) is 0 Å². The zero-order valence-electron chi connectivity index (χ0n) is 26.9. The first-order valence-corrected chi connectivity index (χ1v) is 15.5. The smallest absolute Gasteiger partial charge is 0.326 e. The lowest BCUT2D eigenvalue weighted by Gasteiger charge is -2.22. The number of carboxylic acid groups (broad SMARTS) is 1. The van der Waals surface area contributed by atoms with E-state index in [9.17, 15) is 44.1 Å². The molecule has 0 aromatic heterocycles. The van der Waals surface area contributed by atoms with Crippen LogP contribution >= 0.6 is 0 Å². The van der Waals surface area contributed by atoms with E-state index in [2.05, 4.69) is 26.7 Å². The minimum absolute atomic E-state index is 0.000257. The van der Waals surface area contributed by atoms with E-state index in [0.29, 0.717) is 11.1 Å². The van der Waals surface area contributed by atoms with Gasteiger partial charge in [-0.3, -0.25) is 28.8 Å². The lowest BCUT2D eigenvalue weighted by atomic mass is 9.94. The number of carbonyl (C=O) groups is 6. The summed E-state index contributed by atoms with van der Waals surface area (Å²) < 4.78 is 0. The van der Waals surface area contributed by atoms with Gasteiger partial charge in [-0.1, -0.05) is 48.6 Å². The standard InChI is InChI=1S/C33H41N7O10/c34-16-28(43)38-25(31(35)46)13-21-5-11-24(12-6-21)50-37-18-30(45)39-26(14-19-1-7-22(41)8-2-19)32(47)36-17-29(44)40-27(33(48)49)15-20-3-9-23(42)10-4-20/h1-12,21,24-27,37,41-42H,13-18,34H2,(H2,35,46)(H,36,47)(H,38,43)(H,39,45)(H,40,44)(H,48,49)/t21?,24?,25-,26-,27-/m0/s1. The first-order valence-electron chi connectivity index (χ1n) is 15.5. The van der Waals surface area contributed by atoms with Gasteiger partial charge in [0.15, 0.2) is 0 Å². The summed E-state index contributed by atoms with van der Waals surface area (Å²) in [6.45, 7) is -1.23. The number of hydrogen-bond acceptors (Lipinski definition) is 11. The number of allylic oxidation sites excluding steroid dienone is 2. The second-order valence-electron chi connectivity index (χ2n) is 11.3. The monoisotopic (exact) mass is 695 g/mol. The number of primary amides is 1. The highest BCUT2D eigenvalue weighted by atomic mass is 16.7. The van der Waals surface area contributed by atoms with Crippen LogP contribution in [0.2, 0.25) is 0 Å². The Morgan fingerprint density at radius 2 is 1.20 bits per heavy atom. The third-order valence-electron chi connectivity index (χ3n) is 7.38. The summed E-state index contributed by atoms with van der Waals surface area (Å²) in [6.07, 6.45) is 6.39. The Kier molecular flexibility index (Phi) is 14.9. The number of benzene rings is 2. The highest BCUT2D eigenvalue weighted by Crippen LogP contribution is 2.17. The zero-order valence-corrected chi connectivity index (χ0v) is 26.9.